The van der Waals surface area contributed by atoms with Gasteiger partial charge in [0.1, 0.15) is 12.2 Å². The zero-order chi connectivity index (χ0) is 13.0. The summed E-state index contributed by atoms with van der Waals surface area (Å²) < 4.78 is 1.23. The lowest BCUT2D eigenvalue weighted by molar-refractivity contribution is -0.389. The zero-order valence-electron chi connectivity index (χ0n) is 8.86. The molecule has 0 saturated heterocycles. The minimum atomic E-state index is -1.23. The summed E-state index contributed by atoms with van der Waals surface area (Å²) in [6.45, 7) is 1.06. The topological polar surface area (TPSA) is 127 Å². The summed E-state index contributed by atoms with van der Waals surface area (Å²) in [5, 5.41) is 21.4. The molecule has 1 amide bonds. The molecule has 0 spiro atoms. The Kier molecular flexibility index (Phi) is 3.75. The predicted octanol–water partition coefficient (Wildman–Crippen LogP) is -0.619. The van der Waals surface area contributed by atoms with Crippen molar-refractivity contribution in [3.63, 3.8) is 0 Å². The van der Waals surface area contributed by atoms with Gasteiger partial charge < -0.3 is 25.1 Å². The average molecular weight is 242 g/mol. The number of nitrogens with zero attached hydrogens (tertiary/aromatic N) is 3. The van der Waals surface area contributed by atoms with Gasteiger partial charge in [-0.05, 0) is 9.91 Å². The van der Waals surface area contributed by atoms with Gasteiger partial charge in [-0.3, -0.25) is 4.79 Å². The number of carboxylic acids is 1. The normalized spacial score (nSPS) is 11.8. The van der Waals surface area contributed by atoms with Gasteiger partial charge in [-0.2, -0.15) is 0 Å². The van der Waals surface area contributed by atoms with E-state index in [2.05, 4.69) is 10.3 Å². The van der Waals surface area contributed by atoms with Crippen LogP contribution in [0.5, 0.6) is 0 Å². The highest BCUT2D eigenvalue weighted by Gasteiger charge is 2.20. The monoisotopic (exact) mass is 242 g/mol. The first-order valence-electron chi connectivity index (χ1n) is 4.56. The highest BCUT2D eigenvalue weighted by molar-refractivity contribution is 5.81. The molecule has 1 atom stereocenters. The Morgan fingerprint density at radius 3 is 2.76 bits per heavy atom. The van der Waals surface area contributed by atoms with Crippen molar-refractivity contribution < 1.29 is 19.6 Å². The molecule has 1 heterocycles. The van der Waals surface area contributed by atoms with Gasteiger partial charge in [0.25, 0.3) is 0 Å². The quantitative estimate of drug-likeness (QED) is 0.523. The number of nitrogens with one attached hydrogen (secondary N) is 1. The smallest absolute Gasteiger partial charge is 0.381 e. The van der Waals surface area contributed by atoms with Crippen LogP contribution in [0.2, 0.25) is 0 Å². The van der Waals surface area contributed by atoms with Crippen molar-refractivity contribution >= 4 is 17.7 Å². The van der Waals surface area contributed by atoms with Crippen LogP contribution < -0.4 is 5.32 Å². The molecule has 1 rings (SSSR count). The Morgan fingerprint density at radius 1 is 1.71 bits per heavy atom. The van der Waals surface area contributed by atoms with Crippen LogP contribution in [-0.4, -0.2) is 37.5 Å². The molecule has 0 aliphatic carbocycles. The molecule has 0 bridgehead atoms. The number of hydrogen-bond acceptors (Lipinski definition) is 5. The molecule has 0 aliphatic heterocycles. The van der Waals surface area contributed by atoms with Crippen molar-refractivity contribution in [2.75, 3.05) is 0 Å². The summed E-state index contributed by atoms with van der Waals surface area (Å²) in [6, 6.07) is -1.15. The Labute approximate surface area is 95.2 Å². The Hall–Kier alpha value is -2.45. The fraction of sp³-hybridized carbons (Fsp3) is 0.375. The fourth-order valence-corrected chi connectivity index (χ4v) is 1.18. The van der Waals surface area contributed by atoms with E-state index in [1.807, 2.05) is 0 Å². The van der Waals surface area contributed by atoms with Crippen LogP contribution in [0, 0.1) is 10.1 Å². The number of rotatable bonds is 5. The lowest BCUT2D eigenvalue weighted by atomic mass is 10.3. The van der Waals surface area contributed by atoms with Crippen LogP contribution in [-0.2, 0) is 16.1 Å². The van der Waals surface area contributed by atoms with E-state index in [1.54, 1.807) is 0 Å². The van der Waals surface area contributed by atoms with Gasteiger partial charge in [0.05, 0.1) is 6.54 Å². The highest BCUT2D eigenvalue weighted by atomic mass is 16.6. The minimum absolute atomic E-state index is 0.129. The Bertz CT molecular complexity index is 455. The van der Waals surface area contributed by atoms with E-state index < -0.39 is 22.8 Å². The number of hydrogen-bond donors (Lipinski definition) is 2. The van der Waals surface area contributed by atoms with Gasteiger partial charge in [-0.25, -0.2) is 4.79 Å². The Morgan fingerprint density at radius 2 is 2.35 bits per heavy atom. The third kappa shape index (κ3) is 3.55. The summed E-state index contributed by atoms with van der Waals surface area (Å²) in [5.41, 5.74) is 0. The maximum absolute atomic E-state index is 10.8. The van der Waals surface area contributed by atoms with Crippen LogP contribution in [0.25, 0.3) is 0 Å². The van der Waals surface area contributed by atoms with E-state index in [0.717, 1.165) is 12.5 Å². The van der Waals surface area contributed by atoms with Crippen LogP contribution in [0.4, 0.5) is 5.82 Å². The first-order chi connectivity index (χ1) is 7.90. The molecule has 0 aliphatic rings. The molecule has 2 N–H and O–H groups in total. The summed E-state index contributed by atoms with van der Waals surface area (Å²) in [6.07, 6.45) is 2.23. The second kappa shape index (κ2) is 5.05. The van der Waals surface area contributed by atoms with Gasteiger partial charge in [0.2, 0.25) is 12.2 Å². The summed E-state index contributed by atoms with van der Waals surface area (Å²) in [4.78, 5) is 34.7. The summed E-state index contributed by atoms with van der Waals surface area (Å²) >= 11 is 0. The second-order valence-electron chi connectivity index (χ2n) is 3.28. The SMILES string of the molecule is CC(=O)NC(Cn1cnc([N+](=O)[O-])c1)C(=O)O. The standard InChI is InChI=1S/C8H10N4O5/c1-5(13)10-6(8(14)15)2-11-3-7(9-4-11)12(16)17/h3-4,6H,2H2,1H3,(H,10,13)(H,14,15). The second-order valence-corrected chi connectivity index (χ2v) is 3.28. The molecule has 9 nitrogen and oxygen atoms in total. The fourth-order valence-electron chi connectivity index (χ4n) is 1.18. The predicted molar refractivity (Wildman–Crippen MR) is 54.1 cm³/mol. The zero-order valence-corrected chi connectivity index (χ0v) is 8.86. The molecule has 1 unspecified atom stereocenters. The third-order valence-electron chi connectivity index (χ3n) is 1.88. The minimum Gasteiger partial charge on any atom is -0.480 e. The van der Waals surface area contributed by atoms with E-state index >= 15 is 0 Å². The first kappa shape index (κ1) is 12.6. The largest absolute Gasteiger partial charge is 0.480 e. The third-order valence-corrected chi connectivity index (χ3v) is 1.88. The lowest BCUT2D eigenvalue weighted by Gasteiger charge is -2.12. The van der Waals surface area contributed by atoms with Crippen molar-refractivity contribution in [3.05, 3.63) is 22.6 Å². The van der Waals surface area contributed by atoms with Crippen molar-refractivity contribution in [3.8, 4) is 0 Å². The molecular formula is C8H10N4O5. The summed E-state index contributed by atoms with van der Waals surface area (Å²) in [5.74, 6) is -2.10. The number of amides is 1. The van der Waals surface area contributed by atoms with E-state index in [1.165, 1.54) is 11.5 Å². The molecule has 0 aromatic carbocycles. The molecule has 1 aromatic heterocycles. The van der Waals surface area contributed by atoms with Crippen LogP contribution in [0.1, 0.15) is 6.92 Å². The van der Waals surface area contributed by atoms with Gasteiger partial charge in [0, 0.05) is 6.92 Å². The van der Waals surface area contributed by atoms with E-state index in [0.29, 0.717) is 0 Å². The van der Waals surface area contributed by atoms with Crippen molar-refractivity contribution in [1.82, 2.24) is 14.9 Å². The lowest BCUT2D eigenvalue weighted by Crippen LogP contribution is -2.42. The van der Waals surface area contributed by atoms with Gasteiger partial charge in [0.15, 0.2) is 0 Å². The number of carbonyl (C=O) groups excluding carboxylic acids is 1. The van der Waals surface area contributed by atoms with Crippen LogP contribution in [0.3, 0.4) is 0 Å². The van der Waals surface area contributed by atoms with Crippen LogP contribution >= 0.6 is 0 Å². The van der Waals surface area contributed by atoms with E-state index in [-0.39, 0.29) is 12.4 Å². The molecular weight excluding hydrogens is 232 g/mol. The maximum Gasteiger partial charge on any atom is 0.381 e. The van der Waals surface area contributed by atoms with E-state index in [9.17, 15) is 19.7 Å². The number of carboxylic acid groups (broad SMARTS) is 1. The van der Waals surface area contributed by atoms with E-state index in [4.69, 9.17) is 5.11 Å². The highest BCUT2D eigenvalue weighted by Crippen LogP contribution is 2.06. The molecule has 92 valence electrons. The number of aromatic nitrogens is 2. The van der Waals surface area contributed by atoms with Crippen molar-refractivity contribution in [2.24, 2.45) is 0 Å². The van der Waals surface area contributed by atoms with Gasteiger partial charge >= 0.3 is 11.8 Å². The summed E-state index contributed by atoms with van der Waals surface area (Å²) in [7, 11) is 0. The number of imidazole rings is 1. The molecule has 0 saturated carbocycles. The number of aliphatic carboxylic acids is 1. The van der Waals surface area contributed by atoms with Gasteiger partial charge in [-0.1, -0.05) is 0 Å². The first-order valence-corrected chi connectivity index (χ1v) is 4.56. The van der Waals surface area contributed by atoms with Crippen molar-refractivity contribution in [1.29, 1.82) is 0 Å². The molecule has 9 heteroatoms. The average Bonchev–Trinajstić information content (AvgIpc) is 2.64. The molecule has 1 aromatic rings. The van der Waals surface area contributed by atoms with Crippen LogP contribution in [0.15, 0.2) is 12.5 Å². The Balaban J connectivity index is 2.75. The maximum atomic E-state index is 10.8. The van der Waals surface area contributed by atoms with Crippen molar-refractivity contribution in [2.45, 2.75) is 19.5 Å². The number of carbonyl (C=O) groups is 2. The van der Waals surface area contributed by atoms with Gasteiger partial charge in [-0.15, -0.1) is 0 Å². The molecule has 0 radical (unpaired) electrons. The molecule has 17 heavy (non-hydrogen) atoms. The molecule has 0 fully saturated rings. The number of nitro groups is 1.